The summed E-state index contributed by atoms with van der Waals surface area (Å²) in [7, 11) is 0. The zero-order valence-corrected chi connectivity index (χ0v) is 6.66. The predicted octanol–water partition coefficient (Wildman–Crippen LogP) is -1.07. The van der Waals surface area contributed by atoms with E-state index >= 15 is 0 Å². The van der Waals surface area contributed by atoms with Crippen molar-refractivity contribution in [1.82, 2.24) is 0 Å². The highest BCUT2D eigenvalue weighted by Crippen LogP contribution is 2.26. The molecule has 2 heterocycles. The predicted molar refractivity (Wildman–Crippen MR) is 38.7 cm³/mol. The van der Waals surface area contributed by atoms with Gasteiger partial charge in [0.2, 0.25) is 0 Å². The lowest BCUT2D eigenvalue weighted by atomic mass is 10.1. The van der Waals surface area contributed by atoms with E-state index in [1.165, 1.54) is 0 Å². The minimum absolute atomic E-state index is 0. The zero-order valence-electron chi connectivity index (χ0n) is 5.84. The molecule has 66 valence electrons. The van der Waals surface area contributed by atoms with Crippen LogP contribution in [0.15, 0.2) is 0 Å². The van der Waals surface area contributed by atoms with Gasteiger partial charge in [0.05, 0.1) is 13.2 Å². The highest BCUT2D eigenvalue weighted by atomic mass is 35.5. The van der Waals surface area contributed by atoms with Crippen LogP contribution in [0.4, 0.5) is 0 Å². The van der Waals surface area contributed by atoms with Crippen molar-refractivity contribution in [2.75, 3.05) is 13.2 Å². The van der Waals surface area contributed by atoms with Gasteiger partial charge in [-0.3, -0.25) is 0 Å². The first-order chi connectivity index (χ1) is 4.79. The molecule has 4 nitrogen and oxygen atoms in total. The molecule has 0 aromatic carbocycles. The Morgan fingerprint density at radius 1 is 0.909 bits per heavy atom. The number of ether oxygens (including phenoxy) is 2. The summed E-state index contributed by atoms with van der Waals surface area (Å²) in [5.41, 5.74) is 0. The molecule has 0 saturated carbocycles. The van der Waals surface area contributed by atoms with Crippen LogP contribution in [0, 0.1) is 0 Å². The van der Waals surface area contributed by atoms with Crippen LogP contribution >= 0.6 is 12.4 Å². The molecule has 0 aromatic heterocycles. The number of fused-ring (bicyclic) bond motifs is 1. The summed E-state index contributed by atoms with van der Waals surface area (Å²) >= 11 is 0. The summed E-state index contributed by atoms with van der Waals surface area (Å²) in [6.45, 7) is 0.568. The van der Waals surface area contributed by atoms with Crippen molar-refractivity contribution < 1.29 is 19.7 Å². The molecule has 2 fully saturated rings. The Kier molecular flexibility index (Phi) is 2.72. The van der Waals surface area contributed by atoms with E-state index in [0.717, 1.165) is 0 Å². The van der Waals surface area contributed by atoms with Crippen molar-refractivity contribution in [3.63, 3.8) is 0 Å². The lowest BCUT2D eigenvalue weighted by Crippen LogP contribution is -2.30. The summed E-state index contributed by atoms with van der Waals surface area (Å²) in [5.74, 6) is 0. The SMILES string of the molecule is Cl.O[C@@H]1CO[C@H]2[C@@H]1OC[C@@H]2O. The van der Waals surface area contributed by atoms with Gasteiger partial charge in [-0.1, -0.05) is 0 Å². The van der Waals surface area contributed by atoms with Crippen molar-refractivity contribution in [2.24, 2.45) is 0 Å². The Bertz CT molecular complexity index is 127. The fourth-order valence-electron chi connectivity index (χ4n) is 1.46. The molecule has 2 N–H and O–H groups in total. The van der Waals surface area contributed by atoms with Gasteiger partial charge in [-0.25, -0.2) is 0 Å². The zero-order chi connectivity index (χ0) is 7.14. The maximum atomic E-state index is 9.16. The summed E-state index contributed by atoms with van der Waals surface area (Å²) in [6.07, 6.45) is -1.70. The van der Waals surface area contributed by atoms with Gasteiger partial charge in [-0.2, -0.15) is 0 Å². The second kappa shape index (κ2) is 3.25. The van der Waals surface area contributed by atoms with Crippen LogP contribution in [-0.4, -0.2) is 47.8 Å². The van der Waals surface area contributed by atoms with E-state index in [1.54, 1.807) is 0 Å². The lowest BCUT2D eigenvalue weighted by molar-refractivity contribution is 0.00205. The molecule has 0 aromatic rings. The standard InChI is InChI=1S/C6H10O4.ClH/c7-3-1-9-6-4(8)2-10-5(3)6;/h3-8H,1-2H2;1H/t3-,4+,5-,6-;/m1./s1. The molecule has 4 atom stereocenters. The van der Waals surface area contributed by atoms with E-state index < -0.39 is 12.2 Å². The number of aliphatic hydroxyl groups excluding tert-OH is 2. The highest BCUT2D eigenvalue weighted by molar-refractivity contribution is 5.85. The van der Waals surface area contributed by atoms with Crippen LogP contribution in [0.5, 0.6) is 0 Å². The quantitative estimate of drug-likeness (QED) is 0.501. The van der Waals surface area contributed by atoms with Crippen LogP contribution in [0.25, 0.3) is 0 Å². The van der Waals surface area contributed by atoms with Crippen molar-refractivity contribution in [3.05, 3.63) is 0 Å². The normalized spacial score (nSPS) is 48.5. The monoisotopic (exact) mass is 182 g/mol. The lowest BCUT2D eigenvalue weighted by Gasteiger charge is -2.09. The second-order valence-corrected chi connectivity index (χ2v) is 2.73. The number of halogens is 1. The molecule has 2 aliphatic heterocycles. The molecule has 0 amide bonds. The Morgan fingerprint density at radius 3 is 1.64 bits per heavy atom. The minimum Gasteiger partial charge on any atom is -0.388 e. The first kappa shape index (κ1) is 9.22. The van der Waals surface area contributed by atoms with Gasteiger partial charge in [0.15, 0.2) is 0 Å². The maximum Gasteiger partial charge on any atom is 0.114 e. The van der Waals surface area contributed by atoms with Crippen molar-refractivity contribution in [2.45, 2.75) is 24.4 Å². The van der Waals surface area contributed by atoms with Crippen molar-refractivity contribution in [1.29, 1.82) is 0 Å². The topological polar surface area (TPSA) is 58.9 Å². The van der Waals surface area contributed by atoms with Gasteiger partial charge < -0.3 is 19.7 Å². The van der Waals surface area contributed by atoms with E-state index in [2.05, 4.69) is 0 Å². The van der Waals surface area contributed by atoms with Crippen LogP contribution in [0.2, 0.25) is 0 Å². The summed E-state index contributed by atoms with van der Waals surface area (Å²) in [5, 5.41) is 18.3. The third-order valence-corrected chi connectivity index (χ3v) is 2.00. The van der Waals surface area contributed by atoms with Gasteiger partial charge in [0.1, 0.15) is 24.4 Å². The Balaban J connectivity index is 0.000000605. The molecule has 2 saturated heterocycles. The number of rotatable bonds is 0. The van der Waals surface area contributed by atoms with Crippen LogP contribution < -0.4 is 0 Å². The first-order valence-electron chi connectivity index (χ1n) is 3.38. The van der Waals surface area contributed by atoms with E-state index in [1.807, 2.05) is 0 Å². The molecule has 2 aliphatic rings. The van der Waals surface area contributed by atoms with Gasteiger partial charge in [-0.05, 0) is 0 Å². The van der Waals surface area contributed by atoms with Crippen LogP contribution in [0.1, 0.15) is 0 Å². The van der Waals surface area contributed by atoms with E-state index in [9.17, 15) is 0 Å². The smallest absolute Gasteiger partial charge is 0.114 e. The number of hydrogen-bond acceptors (Lipinski definition) is 4. The van der Waals surface area contributed by atoms with Gasteiger partial charge >= 0.3 is 0 Å². The third-order valence-electron chi connectivity index (χ3n) is 2.00. The van der Waals surface area contributed by atoms with Crippen molar-refractivity contribution in [3.8, 4) is 0 Å². The van der Waals surface area contributed by atoms with Crippen LogP contribution in [-0.2, 0) is 9.47 Å². The van der Waals surface area contributed by atoms with Gasteiger partial charge in [0, 0.05) is 0 Å². The first-order valence-corrected chi connectivity index (χ1v) is 3.38. The molecule has 2 rings (SSSR count). The summed E-state index contributed by atoms with van der Waals surface area (Å²) in [6, 6.07) is 0. The number of aliphatic hydroxyl groups is 2. The van der Waals surface area contributed by atoms with E-state index in [0.29, 0.717) is 0 Å². The molecule has 5 heteroatoms. The largest absolute Gasteiger partial charge is 0.388 e. The summed E-state index contributed by atoms with van der Waals surface area (Å²) in [4.78, 5) is 0. The van der Waals surface area contributed by atoms with E-state index in [-0.39, 0.29) is 37.8 Å². The minimum atomic E-state index is -0.554. The molecule has 11 heavy (non-hydrogen) atoms. The van der Waals surface area contributed by atoms with Crippen LogP contribution in [0.3, 0.4) is 0 Å². The second-order valence-electron chi connectivity index (χ2n) is 2.73. The van der Waals surface area contributed by atoms with Gasteiger partial charge in [-0.15, -0.1) is 12.4 Å². The molecular formula is C6H11ClO4. The molecule has 0 spiro atoms. The molecule has 0 radical (unpaired) electrons. The fraction of sp³-hybridized carbons (Fsp3) is 1.00. The third kappa shape index (κ3) is 1.37. The van der Waals surface area contributed by atoms with E-state index in [4.69, 9.17) is 19.7 Å². The number of hydrogen-bond donors (Lipinski definition) is 2. The molecule has 0 unspecified atom stereocenters. The average Bonchev–Trinajstić information content (AvgIpc) is 2.41. The Hall–Kier alpha value is 0.130. The fourth-order valence-corrected chi connectivity index (χ4v) is 1.46. The van der Waals surface area contributed by atoms with Gasteiger partial charge in [0.25, 0.3) is 0 Å². The Labute approximate surface area is 70.5 Å². The molecule has 0 bridgehead atoms. The average molecular weight is 183 g/mol. The molecular weight excluding hydrogens is 172 g/mol. The van der Waals surface area contributed by atoms with Crippen molar-refractivity contribution >= 4 is 12.4 Å². The summed E-state index contributed by atoms with van der Waals surface area (Å²) < 4.78 is 10.2. The Morgan fingerprint density at radius 2 is 1.27 bits per heavy atom. The highest BCUT2D eigenvalue weighted by Gasteiger charge is 2.46. The molecule has 0 aliphatic carbocycles. The maximum absolute atomic E-state index is 9.16.